The van der Waals surface area contributed by atoms with Crippen LogP contribution in [0.2, 0.25) is 6.32 Å². The molecule has 0 aromatic heterocycles. The summed E-state index contributed by atoms with van der Waals surface area (Å²) in [6.07, 6.45) is 1.43. The van der Waals surface area contributed by atoms with E-state index in [1.54, 1.807) is 0 Å². The number of rotatable bonds is 1. The minimum Gasteiger partial charge on any atom is -0.363 e. The van der Waals surface area contributed by atoms with Gasteiger partial charge < -0.3 is 4.74 Å². The van der Waals surface area contributed by atoms with Crippen molar-refractivity contribution in [1.29, 1.82) is 0 Å². The number of hydrogen-bond donors (Lipinski definition) is 1. The Morgan fingerprint density at radius 3 is 3.00 bits per heavy atom. The largest absolute Gasteiger partial charge is 0.363 e. The molecule has 0 aliphatic carbocycles. The molecule has 1 saturated heterocycles. The molecule has 1 N–H and O–H groups in total. The molecule has 7 heavy (non-hydrogen) atoms. The summed E-state index contributed by atoms with van der Waals surface area (Å²) in [7, 11) is 2.11. The quantitative estimate of drug-likeness (QED) is 0.425. The second-order valence-electron chi connectivity index (χ2n) is 1.72. The first kappa shape index (κ1) is 5.13. The summed E-state index contributed by atoms with van der Waals surface area (Å²) in [5.74, 6) is 0. The Kier molecular flexibility index (Phi) is 1.71. The molecule has 40 valence electrons. The third-order valence-corrected chi connectivity index (χ3v) is 1.16. The topological polar surface area (TPSA) is 21.3 Å². The molecule has 1 atom stereocenters. The van der Waals surface area contributed by atoms with Gasteiger partial charge in [-0.3, -0.25) is 5.32 Å². The van der Waals surface area contributed by atoms with E-state index in [2.05, 4.69) is 13.2 Å². The van der Waals surface area contributed by atoms with Crippen LogP contribution in [0, 0.1) is 0 Å². The lowest BCUT2D eigenvalue weighted by Crippen LogP contribution is -2.21. The standard InChI is InChI=1S/C4H10BNO/c5-3-4-6-1-2-7-4/h4,6H,1-3,5H2. The van der Waals surface area contributed by atoms with E-state index in [9.17, 15) is 0 Å². The fraction of sp³-hybridized carbons (Fsp3) is 1.00. The van der Waals surface area contributed by atoms with Crippen LogP contribution >= 0.6 is 0 Å². The molecule has 1 aliphatic heterocycles. The van der Waals surface area contributed by atoms with Gasteiger partial charge in [0.25, 0.3) is 0 Å². The van der Waals surface area contributed by atoms with Gasteiger partial charge >= 0.3 is 0 Å². The maximum Gasteiger partial charge on any atom is 0.106 e. The molecule has 3 heteroatoms. The van der Waals surface area contributed by atoms with Gasteiger partial charge in [0.15, 0.2) is 0 Å². The first-order valence-electron chi connectivity index (χ1n) is 2.78. The van der Waals surface area contributed by atoms with Crippen LogP contribution in [0.4, 0.5) is 0 Å². The van der Waals surface area contributed by atoms with E-state index in [4.69, 9.17) is 4.74 Å². The van der Waals surface area contributed by atoms with Gasteiger partial charge in [-0.15, -0.1) is 0 Å². The van der Waals surface area contributed by atoms with Crippen molar-refractivity contribution in [3.63, 3.8) is 0 Å². The van der Waals surface area contributed by atoms with Gasteiger partial charge in [0.05, 0.1) is 6.61 Å². The molecular formula is C4H10BNO. The summed E-state index contributed by atoms with van der Waals surface area (Å²) < 4.78 is 5.19. The van der Waals surface area contributed by atoms with E-state index >= 15 is 0 Å². The molecule has 1 fully saturated rings. The van der Waals surface area contributed by atoms with Crippen molar-refractivity contribution in [3.8, 4) is 0 Å². The molecule has 0 amide bonds. The van der Waals surface area contributed by atoms with Crippen LogP contribution in [-0.2, 0) is 4.74 Å². The minimum atomic E-state index is 0.347. The highest BCUT2D eigenvalue weighted by Gasteiger charge is 2.09. The van der Waals surface area contributed by atoms with Gasteiger partial charge in [-0.1, -0.05) is 0 Å². The molecule has 0 aromatic rings. The van der Waals surface area contributed by atoms with Crippen molar-refractivity contribution >= 4 is 7.85 Å². The number of ether oxygens (including phenoxy) is 1. The lowest BCUT2D eigenvalue weighted by Gasteiger charge is -2.02. The first-order valence-corrected chi connectivity index (χ1v) is 2.78. The van der Waals surface area contributed by atoms with Gasteiger partial charge in [0, 0.05) is 6.54 Å². The van der Waals surface area contributed by atoms with E-state index in [1.165, 1.54) is 0 Å². The van der Waals surface area contributed by atoms with Crippen molar-refractivity contribution in [1.82, 2.24) is 5.32 Å². The lowest BCUT2D eigenvalue weighted by molar-refractivity contribution is 0.117. The number of hydrogen-bond acceptors (Lipinski definition) is 2. The molecule has 1 aliphatic rings. The highest BCUT2D eigenvalue weighted by molar-refractivity contribution is 6.08. The summed E-state index contributed by atoms with van der Waals surface area (Å²) in [5.41, 5.74) is 0. The van der Waals surface area contributed by atoms with E-state index in [1.807, 2.05) is 0 Å². The average Bonchev–Trinajstić information content (AvgIpc) is 2.14. The molecule has 0 saturated carbocycles. The van der Waals surface area contributed by atoms with Crippen LogP contribution in [0.1, 0.15) is 0 Å². The smallest absolute Gasteiger partial charge is 0.106 e. The zero-order chi connectivity index (χ0) is 5.11. The fourth-order valence-electron chi connectivity index (χ4n) is 0.742. The Morgan fingerprint density at radius 2 is 2.71 bits per heavy atom. The molecule has 0 spiro atoms. The van der Waals surface area contributed by atoms with Gasteiger partial charge in [0.1, 0.15) is 14.1 Å². The average molecular weight is 98.9 g/mol. The van der Waals surface area contributed by atoms with Crippen molar-refractivity contribution in [3.05, 3.63) is 0 Å². The van der Waals surface area contributed by atoms with E-state index < -0.39 is 0 Å². The van der Waals surface area contributed by atoms with E-state index in [-0.39, 0.29) is 0 Å². The zero-order valence-electron chi connectivity index (χ0n) is 4.61. The second kappa shape index (κ2) is 2.33. The number of nitrogens with one attached hydrogen (secondary N) is 1. The Labute approximate surface area is 44.6 Å². The molecule has 1 heterocycles. The summed E-state index contributed by atoms with van der Waals surface area (Å²) >= 11 is 0. The van der Waals surface area contributed by atoms with Crippen LogP contribution in [0.3, 0.4) is 0 Å². The second-order valence-corrected chi connectivity index (χ2v) is 1.72. The Bertz CT molecular complexity index is 53.7. The monoisotopic (exact) mass is 99.1 g/mol. The lowest BCUT2D eigenvalue weighted by atomic mass is 10.0. The Hall–Kier alpha value is -0.0151. The summed E-state index contributed by atoms with van der Waals surface area (Å²) in [5, 5.41) is 3.18. The highest BCUT2D eigenvalue weighted by atomic mass is 16.5. The molecule has 1 unspecified atom stereocenters. The van der Waals surface area contributed by atoms with Crippen molar-refractivity contribution < 1.29 is 4.74 Å². The van der Waals surface area contributed by atoms with Crippen LogP contribution in [-0.4, -0.2) is 27.2 Å². The molecule has 2 nitrogen and oxygen atoms in total. The molecule has 0 radical (unpaired) electrons. The summed E-state index contributed by atoms with van der Waals surface area (Å²) in [6, 6.07) is 0. The van der Waals surface area contributed by atoms with Crippen molar-refractivity contribution in [2.45, 2.75) is 12.5 Å². The minimum absolute atomic E-state index is 0.347. The third-order valence-electron chi connectivity index (χ3n) is 1.16. The predicted molar refractivity (Wildman–Crippen MR) is 31.1 cm³/mol. The van der Waals surface area contributed by atoms with Gasteiger partial charge in [-0.25, -0.2) is 0 Å². The van der Waals surface area contributed by atoms with Crippen LogP contribution < -0.4 is 5.32 Å². The Morgan fingerprint density at radius 1 is 1.86 bits per heavy atom. The maximum absolute atomic E-state index is 5.19. The molecular weight excluding hydrogens is 88.9 g/mol. The maximum atomic E-state index is 5.19. The van der Waals surface area contributed by atoms with Crippen LogP contribution in [0.15, 0.2) is 0 Å². The van der Waals surface area contributed by atoms with Gasteiger partial charge in [-0.05, 0) is 6.32 Å². The van der Waals surface area contributed by atoms with Crippen LogP contribution in [0.5, 0.6) is 0 Å². The zero-order valence-corrected chi connectivity index (χ0v) is 4.61. The van der Waals surface area contributed by atoms with Crippen molar-refractivity contribution in [2.24, 2.45) is 0 Å². The molecule has 1 rings (SSSR count). The highest BCUT2D eigenvalue weighted by Crippen LogP contribution is 1.96. The van der Waals surface area contributed by atoms with Crippen molar-refractivity contribution in [2.75, 3.05) is 13.2 Å². The molecule has 0 aromatic carbocycles. The normalized spacial score (nSPS) is 31.1. The van der Waals surface area contributed by atoms with Gasteiger partial charge in [0.2, 0.25) is 0 Å². The SMILES string of the molecule is BCC1NCCO1. The predicted octanol–water partition coefficient (Wildman–Crippen LogP) is -1.02. The third kappa shape index (κ3) is 1.18. The summed E-state index contributed by atoms with van der Waals surface area (Å²) in [4.78, 5) is 0. The fourth-order valence-corrected chi connectivity index (χ4v) is 0.742. The van der Waals surface area contributed by atoms with Gasteiger partial charge in [-0.2, -0.15) is 0 Å². The van der Waals surface area contributed by atoms with E-state index in [0.717, 1.165) is 19.5 Å². The van der Waals surface area contributed by atoms with E-state index in [0.29, 0.717) is 6.23 Å². The Balaban J connectivity index is 2.14. The first-order chi connectivity index (χ1) is 3.43. The summed E-state index contributed by atoms with van der Waals surface area (Å²) in [6.45, 7) is 1.91. The molecule has 0 bridgehead atoms. The van der Waals surface area contributed by atoms with Crippen LogP contribution in [0.25, 0.3) is 0 Å².